The zero-order valence-corrected chi connectivity index (χ0v) is 16.0. The lowest BCUT2D eigenvalue weighted by atomic mass is 10.1. The number of ether oxygens (including phenoxy) is 1. The van der Waals surface area contributed by atoms with E-state index in [0.717, 1.165) is 39.8 Å². The first-order valence-corrected chi connectivity index (χ1v) is 9.02. The van der Waals surface area contributed by atoms with Crippen molar-refractivity contribution >= 4 is 11.6 Å². The van der Waals surface area contributed by atoms with Gasteiger partial charge in [0.05, 0.1) is 29.9 Å². The van der Waals surface area contributed by atoms with Gasteiger partial charge in [0, 0.05) is 17.4 Å². The fourth-order valence-corrected chi connectivity index (χ4v) is 3.20. The standard InChI is InChI=1S/C22H21N5O/c1-15-21(16(2)27(26-15)18-7-5-4-6-8-18)20-13-14-23-22(25-20)24-17-9-11-19(28-3)12-10-17/h4-14H,1-3H3,(H,23,24,25). The molecule has 2 heterocycles. The molecule has 2 aromatic heterocycles. The summed E-state index contributed by atoms with van der Waals surface area (Å²) in [5, 5.41) is 7.95. The number of anilines is 2. The summed E-state index contributed by atoms with van der Waals surface area (Å²) in [6.07, 6.45) is 1.76. The Morgan fingerprint density at radius 2 is 1.68 bits per heavy atom. The van der Waals surface area contributed by atoms with Crippen LogP contribution in [0.1, 0.15) is 11.4 Å². The van der Waals surface area contributed by atoms with Gasteiger partial charge in [-0.05, 0) is 56.3 Å². The molecule has 1 N–H and O–H groups in total. The second kappa shape index (κ2) is 7.52. The van der Waals surface area contributed by atoms with E-state index in [4.69, 9.17) is 14.8 Å². The zero-order chi connectivity index (χ0) is 19.5. The van der Waals surface area contributed by atoms with Crippen molar-refractivity contribution in [2.24, 2.45) is 0 Å². The second-order valence-electron chi connectivity index (χ2n) is 6.41. The van der Waals surface area contributed by atoms with Gasteiger partial charge in [-0.25, -0.2) is 14.6 Å². The Hall–Kier alpha value is -3.67. The molecule has 0 aliphatic carbocycles. The zero-order valence-electron chi connectivity index (χ0n) is 16.0. The molecule has 0 atom stereocenters. The number of aromatic nitrogens is 4. The third-order valence-electron chi connectivity index (χ3n) is 4.55. The summed E-state index contributed by atoms with van der Waals surface area (Å²) in [6, 6.07) is 19.6. The molecule has 0 spiro atoms. The van der Waals surface area contributed by atoms with Gasteiger partial charge in [0.25, 0.3) is 0 Å². The topological polar surface area (TPSA) is 64.9 Å². The Balaban J connectivity index is 1.67. The highest BCUT2D eigenvalue weighted by Gasteiger charge is 2.16. The van der Waals surface area contributed by atoms with Gasteiger partial charge in [-0.1, -0.05) is 18.2 Å². The van der Waals surface area contributed by atoms with Crippen LogP contribution in [0, 0.1) is 13.8 Å². The van der Waals surface area contributed by atoms with Gasteiger partial charge in [0.2, 0.25) is 5.95 Å². The van der Waals surface area contributed by atoms with Gasteiger partial charge in [0.15, 0.2) is 0 Å². The maximum absolute atomic E-state index is 5.19. The highest BCUT2D eigenvalue weighted by atomic mass is 16.5. The molecule has 0 radical (unpaired) electrons. The van der Waals surface area contributed by atoms with Gasteiger partial charge in [-0.15, -0.1) is 0 Å². The summed E-state index contributed by atoms with van der Waals surface area (Å²) in [6.45, 7) is 4.06. The lowest BCUT2D eigenvalue weighted by molar-refractivity contribution is 0.415. The molecule has 6 heteroatoms. The maximum Gasteiger partial charge on any atom is 0.227 e. The van der Waals surface area contributed by atoms with E-state index in [-0.39, 0.29) is 0 Å². The number of methoxy groups -OCH3 is 1. The number of nitrogens with one attached hydrogen (secondary N) is 1. The number of rotatable bonds is 5. The van der Waals surface area contributed by atoms with Crippen molar-refractivity contribution in [3.63, 3.8) is 0 Å². The minimum Gasteiger partial charge on any atom is -0.497 e. The average molecular weight is 371 g/mol. The van der Waals surface area contributed by atoms with E-state index in [0.29, 0.717) is 5.95 Å². The van der Waals surface area contributed by atoms with Crippen LogP contribution >= 0.6 is 0 Å². The first-order chi connectivity index (χ1) is 13.7. The maximum atomic E-state index is 5.19. The molecule has 140 valence electrons. The number of nitrogens with zero attached hydrogens (tertiary/aromatic N) is 4. The predicted molar refractivity (Wildman–Crippen MR) is 110 cm³/mol. The monoisotopic (exact) mass is 371 g/mol. The molecule has 0 aliphatic heterocycles. The van der Waals surface area contributed by atoms with Crippen LogP contribution in [0.5, 0.6) is 5.75 Å². The van der Waals surface area contributed by atoms with E-state index < -0.39 is 0 Å². The van der Waals surface area contributed by atoms with E-state index in [1.165, 1.54) is 0 Å². The quantitative estimate of drug-likeness (QED) is 0.551. The number of hydrogen-bond donors (Lipinski definition) is 1. The van der Waals surface area contributed by atoms with Gasteiger partial charge < -0.3 is 10.1 Å². The Bertz CT molecular complexity index is 1090. The van der Waals surface area contributed by atoms with Crippen LogP contribution in [0.25, 0.3) is 16.9 Å². The summed E-state index contributed by atoms with van der Waals surface area (Å²) >= 11 is 0. The third-order valence-corrected chi connectivity index (χ3v) is 4.55. The first kappa shape index (κ1) is 17.7. The van der Waals surface area contributed by atoms with Crippen LogP contribution < -0.4 is 10.1 Å². The first-order valence-electron chi connectivity index (χ1n) is 9.02. The average Bonchev–Trinajstić information content (AvgIpc) is 3.03. The number of aryl methyl sites for hydroxylation is 1. The van der Waals surface area contributed by atoms with Crippen molar-refractivity contribution in [3.05, 3.63) is 78.2 Å². The van der Waals surface area contributed by atoms with Gasteiger partial charge in [-0.3, -0.25) is 0 Å². The van der Waals surface area contributed by atoms with E-state index >= 15 is 0 Å². The van der Waals surface area contributed by atoms with Crippen LogP contribution in [0.4, 0.5) is 11.6 Å². The Morgan fingerprint density at radius 3 is 2.39 bits per heavy atom. The highest BCUT2D eigenvalue weighted by Crippen LogP contribution is 2.28. The highest BCUT2D eigenvalue weighted by molar-refractivity contribution is 5.67. The Labute approximate surface area is 163 Å². The Kier molecular flexibility index (Phi) is 4.76. The molecular formula is C22H21N5O. The molecule has 28 heavy (non-hydrogen) atoms. The molecule has 4 aromatic rings. The van der Waals surface area contributed by atoms with E-state index in [2.05, 4.69) is 17.2 Å². The minimum absolute atomic E-state index is 0.536. The molecule has 2 aromatic carbocycles. The van der Waals surface area contributed by atoms with Crippen molar-refractivity contribution in [1.82, 2.24) is 19.7 Å². The largest absolute Gasteiger partial charge is 0.497 e. The predicted octanol–water partition coefficient (Wildman–Crippen LogP) is 4.70. The molecule has 4 rings (SSSR count). The van der Waals surface area contributed by atoms with Crippen LogP contribution in [0.2, 0.25) is 0 Å². The molecule has 0 aliphatic rings. The van der Waals surface area contributed by atoms with E-state index in [9.17, 15) is 0 Å². The number of benzene rings is 2. The van der Waals surface area contributed by atoms with Crippen molar-refractivity contribution in [1.29, 1.82) is 0 Å². The van der Waals surface area contributed by atoms with Crippen molar-refractivity contribution in [3.8, 4) is 22.7 Å². The van der Waals surface area contributed by atoms with Crippen molar-refractivity contribution < 1.29 is 4.74 Å². The second-order valence-corrected chi connectivity index (χ2v) is 6.41. The summed E-state index contributed by atoms with van der Waals surface area (Å²) in [4.78, 5) is 9.05. The van der Waals surface area contributed by atoms with Crippen LogP contribution in [0.15, 0.2) is 66.9 Å². The van der Waals surface area contributed by atoms with Gasteiger partial charge >= 0.3 is 0 Å². The van der Waals surface area contributed by atoms with Gasteiger partial charge in [-0.2, -0.15) is 5.10 Å². The summed E-state index contributed by atoms with van der Waals surface area (Å²) in [5.74, 6) is 1.34. The molecule has 6 nitrogen and oxygen atoms in total. The normalized spacial score (nSPS) is 10.7. The van der Waals surface area contributed by atoms with Crippen molar-refractivity contribution in [2.45, 2.75) is 13.8 Å². The Morgan fingerprint density at radius 1 is 0.929 bits per heavy atom. The molecule has 0 fully saturated rings. The van der Waals surface area contributed by atoms with Crippen LogP contribution in [-0.4, -0.2) is 26.9 Å². The summed E-state index contributed by atoms with van der Waals surface area (Å²) in [5.41, 5.74) is 5.74. The SMILES string of the molecule is COc1ccc(Nc2nccc(-c3c(C)nn(-c4ccccc4)c3C)n2)cc1. The van der Waals surface area contributed by atoms with E-state index in [1.54, 1.807) is 13.3 Å². The molecule has 0 bridgehead atoms. The number of hydrogen-bond acceptors (Lipinski definition) is 5. The molecule has 0 unspecified atom stereocenters. The molecule has 0 amide bonds. The third kappa shape index (κ3) is 3.44. The van der Waals surface area contributed by atoms with Crippen molar-refractivity contribution in [2.75, 3.05) is 12.4 Å². The van der Waals surface area contributed by atoms with Gasteiger partial charge in [0.1, 0.15) is 5.75 Å². The molecule has 0 saturated carbocycles. The summed E-state index contributed by atoms with van der Waals surface area (Å²) < 4.78 is 7.14. The smallest absolute Gasteiger partial charge is 0.227 e. The lowest BCUT2D eigenvalue weighted by Gasteiger charge is -2.08. The minimum atomic E-state index is 0.536. The molecular weight excluding hydrogens is 350 g/mol. The lowest BCUT2D eigenvalue weighted by Crippen LogP contribution is -2.00. The fraction of sp³-hybridized carbons (Fsp3) is 0.136. The van der Waals surface area contributed by atoms with Crippen LogP contribution in [-0.2, 0) is 0 Å². The van der Waals surface area contributed by atoms with E-state index in [1.807, 2.05) is 72.3 Å². The summed E-state index contributed by atoms with van der Waals surface area (Å²) in [7, 11) is 1.65. The molecule has 0 saturated heterocycles. The van der Waals surface area contributed by atoms with Crippen LogP contribution in [0.3, 0.4) is 0 Å². The number of para-hydroxylation sites is 1. The fourth-order valence-electron chi connectivity index (χ4n) is 3.20.